The maximum Gasteiger partial charge on any atom is 0.138 e. The van der Waals surface area contributed by atoms with E-state index in [1.165, 1.54) is 16.7 Å². The van der Waals surface area contributed by atoms with Gasteiger partial charge < -0.3 is 33.2 Å². The molecule has 464 valence electrons. The summed E-state index contributed by atoms with van der Waals surface area (Å²) in [7, 11) is 0. The first-order valence-electron chi connectivity index (χ1n) is 32.6. The van der Waals surface area contributed by atoms with Crippen molar-refractivity contribution in [3.63, 3.8) is 0 Å². The number of aromatic nitrogens is 8. The van der Waals surface area contributed by atoms with E-state index in [2.05, 4.69) is 247 Å². The van der Waals surface area contributed by atoms with E-state index in [0.717, 1.165) is 173 Å². The molecule has 16 bridgehead atoms. The van der Waals surface area contributed by atoms with Gasteiger partial charge >= 0.3 is 0 Å². The molecule has 0 saturated heterocycles. The van der Waals surface area contributed by atoms with Gasteiger partial charge in [-0.1, -0.05) is 126 Å². The largest absolute Gasteiger partial charge is 0.464 e. The molecule has 11 heteroatoms. The first kappa shape index (κ1) is 57.4. The van der Waals surface area contributed by atoms with Crippen LogP contribution in [0.1, 0.15) is 73.4 Å². The molecular weight excluding hydrogens is 1210 g/mol. The van der Waals surface area contributed by atoms with E-state index in [1.807, 2.05) is 60.7 Å². The van der Waals surface area contributed by atoms with Gasteiger partial charge in [0.05, 0.1) is 97.6 Å². The van der Waals surface area contributed by atoms with Gasteiger partial charge in [-0.15, -0.1) is 0 Å². The van der Waals surface area contributed by atoms with E-state index < -0.39 is 0 Å². The highest BCUT2D eigenvalue weighted by Crippen LogP contribution is 2.42. The van der Waals surface area contributed by atoms with Crippen LogP contribution in [-0.4, -0.2) is 39.9 Å². The van der Waals surface area contributed by atoms with Crippen LogP contribution in [0.2, 0.25) is 0 Å². The zero-order valence-electron chi connectivity index (χ0n) is 53.5. The molecule has 13 heterocycles. The lowest BCUT2D eigenvalue weighted by molar-refractivity contribution is 0.582. The zero-order chi connectivity index (χ0) is 65.4. The number of rotatable bonds is 8. The van der Waals surface area contributed by atoms with Crippen LogP contribution in [0.4, 0.5) is 0 Å². The van der Waals surface area contributed by atoms with Crippen molar-refractivity contribution in [1.82, 2.24) is 39.9 Å². The number of hydrogen-bond donors (Lipinski definition) is 4. The van der Waals surface area contributed by atoms with Gasteiger partial charge in [-0.25, -0.2) is 19.9 Å². The fourth-order valence-electron chi connectivity index (χ4n) is 13.7. The molecule has 0 fully saturated rings. The van der Waals surface area contributed by atoms with E-state index >= 15 is 0 Å². The summed E-state index contributed by atoms with van der Waals surface area (Å²) in [6.07, 6.45) is 21.8. The molecule has 4 N–H and O–H groups in total. The molecular formula is C87H58N8O3. The Morgan fingerprint density at radius 3 is 0.653 bits per heavy atom. The lowest BCUT2D eigenvalue weighted by Gasteiger charge is -2.07. The number of furan rings is 3. The second-order valence-electron chi connectivity index (χ2n) is 24.9. The Labute approximate surface area is 563 Å². The third-order valence-electron chi connectivity index (χ3n) is 18.5. The average molecular weight is 1260 g/mol. The molecule has 0 atom stereocenters. The quantitative estimate of drug-likeness (QED) is 0.110. The standard InChI is InChI=1S/C87H58N8O3/c1-51-10-22-56(23-11-51)80-61-32-34-63(88-61)81(57-24-12-52(2)13-25-57)65-36-38-67(90-65)83(68-39-37-66(91-68)82(64-35-33-62(80)89-64)58-26-14-53(3)15-27-58)59-28-18-54(19-29-59)16-17-55-20-30-60(31-21-55)84-69-40-42-71(92-69)85(77-7-4-48-96-77)73-44-46-75(94-73)87(79-9-6-50-98-79)76-47-45-74(95-76)86(78-8-5-49-97-78)72-43-41-70(84)93-72/h4-15,18-50,88,91-92,95H,1-3H3. The topological polar surface area (TPSA) is 154 Å². The second-order valence-corrected chi connectivity index (χ2v) is 24.9. The normalized spacial score (nSPS) is 12.2. The Morgan fingerprint density at radius 2 is 0.439 bits per heavy atom. The third kappa shape index (κ3) is 10.4. The first-order valence-corrected chi connectivity index (χ1v) is 32.6. The van der Waals surface area contributed by atoms with Crippen molar-refractivity contribution >= 4 is 92.7 Å². The number of aryl methyl sites for hydroxylation is 3. The fraction of sp³-hybridized carbons (Fsp3) is 0.0345. The zero-order valence-corrected chi connectivity index (χ0v) is 53.5. The number of H-pyrrole nitrogens is 4. The fourth-order valence-corrected chi connectivity index (χ4v) is 13.7. The molecule has 5 aromatic carbocycles. The lowest BCUT2D eigenvalue weighted by Crippen LogP contribution is -1.90. The summed E-state index contributed by atoms with van der Waals surface area (Å²) in [5.41, 5.74) is 31.2. The molecule has 4 aliphatic heterocycles. The molecule has 0 spiro atoms. The Kier molecular flexibility index (Phi) is 13.8. The van der Waals surface area contributed by atoms with E-state index in [9.17, 15) is 0 Å². The van der Waals surface area contributed by atoms with Crippen molar-refractivity contribution in [2.24, 2.45) is 0 Å². The highest BCUT2D eigenvalue weighted by atomic mass is 16.3. The number of benzene rings is 5. The molecule has 0 aliphatic carbocycles. The van der Waals surface area contributed by atoms with Crippen molar-refractivity contribution < 1.29 is 13.3 Å². The van der Waals surface area contributed by atoms with Gasteiger partial charge in [-0.3, -0.25) is 0 Å². The molecule has 4 aliphatic rings. The maximum absolute atomic E-state index is 6.14. The number of nitrogens with zero attached hydrogens (tertiary/aromatic N) is 4. The SMILES string of the molecule is Cc1ccc(-c2c3nc(c(-c4ccc(C)cc4)c4ccc([nH]4)c(-c4ccc(C#Cc5ccc(-c6c7nc(c(-c8ccco8)c8ccc([nH]8)c(-c8ccco8)c8nc(c(-c9ccco9)c9ccc6[nH]9)C=C8)C=C7)cc5)cc4)c4nc(c(-c5ccc(C)cc5)c5ccc2[nH]5)C=C4)C=C3)cc1. The van der Waals surface area contributed by atoms with E-state index in [4.69, 9.17) is 33.2 Å². The summed E-state index contributed by atoms with van der Waals surface area (Å²) >= 11 is 0. The van der Waals surface area contributed by atoms with Crippen LogP contribution in [0.25, 0.3) is 182 Å². The average Bonchev–Trinajstić information content (AvgIpc) is 1.62. The van der Waals surface area contributed by atoms with Crippen LogP contribution >= 0.6 is 0 Å². The Hall–Kier alpha value is -13.3. The van der Waals surface area contributed by atoms with Crippen LogP contribution < -0.4 is 0 Å². The molecule has 11 nitrogen and oxygen atoms in total. The van der Waals surface area contributed by atoms with Gasteiger partial charge in [0.25, 0.3) is 0 Å². The number of hydrogen-bond acceptors (Lipinski definition) is 7. The summed E-state index contributed by atoms with van der Waals surface area (Å²) in [4.78, 5) is 37.1. The lowest BCUT2D eigenvalue weighted by atomic mass is 10.0. The minimum atomic E-state index is 0.672. The molecule has 98 heavy (non-hydrogen) atoms. The highest BCUT2D eigenvalue weighted by molar-refractivity contribution is 6.02. The highest BCUT2D eigenvalue weighted by Gasteiger charge is 2.24. The number of fused-ring (bicyclic) bond motifs is 16. The second kappa shape index (κ2) is 23.6. The van der Waals surface area contributed by atoms with Crippen LogP contribution in [0.5, 0.6) is 0 Å². The minimum absolute atomic E-state index is 0.672. The molecule has 9 aromatic heterocycles. The van der Waals surface area contributed by atoms with Gasteiger partial charge in [-0.05, 0) is 206 Å². The van der Waals surface area contributed by atoms with E-state index in [-0.39, 0.29) is 0 Å². The predicted molar refractivity (Wildman–Crippen MR) is 398 cm³/mol. The van der Waals surface area contributed by atoms with E-state index in [1.54, 1.807) is 18.8 Å². The van der Waals surface area contributed by atoms with Crippen molar-refractivity contribution in [3.8, 4) is 101 Å². The van der Waals surface area contributed by atoms with Crippen LogP contribution in [0.3, 0.4) is 0 Å². The molecule has 18 rings (SSSR count). The maximum atomic E-state index is 6.14. The number of nitrogens with one attached hydrogen (secondary N) is 4. The third-order valence-corrected chi connectivity index (χ3v) is 18.5. The summed E-state index contributed by atoms with van der Waals surface area (Å²) in [5.74, 6) is 9.00. The van der Waals surface area contributed by atoms with Gasteiger partial charge in [0.1, 0.15) is 17.3 Å². The summed E-state index contributed by atoms with van der Waals surface area (Å²) in [6, 6.07) is 71.4. The first-order chi connectivity index (χ1) is 48.2. The Balaban J connectivity index is 0.763. The van der Waals surface area contributed by atoms with Gasteiger partial charge in [-0.2, -0.15) is 0 Å². The van der Waals surface area contributed by atoms with Crippen molar-refractivity contribution in [1.29, 1.82) is 0 Å². The molecule has 14 aromatic rings. The Morgan fingerprint density at radius 1 is 0.235 bits per heavy atom. The van der Waals surface area contributed by atoms with Crippen molar-refractivity contribution in [2.45, 2.75) is 20.8 Å². The van der Waals surface area contributed by atoms with Crippen LogP contribution in [0.15, 0.2) is 238 Å². The summed E-state index contributed by atoms with van der Waals surface area (Å²) < 4.78 is 18.3. The predicted octanol–water partition coefficient (Wildman–Crippen LogP) is 22.1. The monoisotopic (exact) mass is 1260 g/mol. The van der Waals surface area contributed by atoms with Crippen molar-refractivity contribution in [3.05, 3.63) is 298 Å². The molecule has 0 radical (unpaired) electrons. The smallest absolute Gasteiger partial charge is 0.138 e. The van der Waals surface area contributed by atoms with Crippen LogP contribution in [-0.2, 0) is 0 Å². The van der Waals surface area contributed by atoms with Gasteiger partial charge in [0.2, 0.25) is 0 Å². The van der Waals surface area contributed by atoms with Gasteiger partial charge in [0.15, 0.2) is 0 Å². The summed E-state index contributed by atoms with van der Waals surface area (Å²) in [5, 5.41) is 0. The van der Waals surface area contributed by atoms with Gasteiger partial charge in [0, 0.05) is 66.5 Å². The summed E-state index contributed by atoms with van der Waals surface area (Å²) in [6.45, 7) is 6.36. The Bertz CT molecular complexity index is 6000. The van der Waals surface area contributed by atoms with Crippen LogP contribution in [0, 0.1) is 32.6 Å². The minimum Gasteiger partial charge on any atom is -0.464 e. The van der Waals surface area contributed by atoms with Crippen molar-refractivity contribution in [2.75, 3.05) is 0 Å². The van der Waals surface area contributed by atoms with E-state index in [0.29, 0.717) is 17.3 Å². The molecule has 0 amide bonds. The molecule has 0 saturated carbocycles. The number of aromatic amines is 4. The molecule has 0 unspecified atom stereocenters.